The van der Waals surface area contributed by atoms with Gasteiger partial charge >= 0.3 is 11.9 Å². The molecule has 0 atom stereocenters. The summed E-state index contributed by atoms with van der Waals surface area (Å²) in [6.07, 6.45) is 5.66. The number of carbonyl (C=O) groups is 2. The molecule has 0 aliphatic heterocycles. The van der Waals surface area contributed by atoms with Crippen molar-refractivity contribution in [2.45, 2.75) is 13.3 Å². The summed E-state index contributed by atoms with van der Waals surface area (Å²) in [5, 5.41) is 0. The van der Waals surface area contributed by atoms with Crippen LogP contribution in [0.15, 0.2) is 34.9 Å². The van der Waals surface area contributed by atoms with Crippen LogP contribution in [-0.2, 0) is 19.1 Å². The van der Waals surface area contributed by atoms with Crippen molar-refractivity contribution in [2.75, 3.05) is 14.2 Å². The number of hydrogen-bond acceptors (Lipinski definition) is 4. The zero-order valence-electron chi connectivity index (χ0n) is 9.57. The predicted molar refractivity (Wildman–Crippen MR) is 58.6 cm³/mol. The van der Waals surface area contributed by atoms with Gasteiger partial charge in [-0.25, -0.2) is 9.59 Å². The Balaban J connectivity index is 3.14. The second kappa shape index (κ2) is 5.30. The summed E-state index contributed by atoms with van der Waals surface area (Å²) in [7, 11) is 2.56. The molecule has 16 heavy (non-hydrogen) atoms. The van der Waals surface area contributed by atoms with Crippen molar-refractivity contribution in [3.05, 3.63) is 34.9 Å². The van der Waals surface area contributed by atoms with Crippen LogP contribution in [0.4, 0.5) is 0 Å². The molecule has 0 aromatic heterocycles. The van der Waals surface area contributed by atoms with Gasteiger partial charge < -0.3 is 9.47 Å². The Morgan fingerprint density at radius 1 is 1.06 bits per heavy atom. The molecule has 0 radical (unpaired) electrons. The van der Waals surface area contributed by atoms with Gasteiger partial charge in [0.25, 0.3) is 0 Å². The summed E-state index contributed by atoms with van der Waals surface area (Å²) in [6.45, 7) is 1.92. The van der Waals surface area contributed by atoms with E-state index in [1.165, 1.54) is 14.2 Å². The molecule has 0 aromatic carbocycles. The molecule has 0 saturated carbocycles. The molecular formula is C12H14O4. The Hall–Kier alpha value is -1.84. The number of methoxy groups -OCH3 is 2. The van der Waals surface area contributed by atoms with E-state index in [9.17, 15) is 9.59 Å². The lowest BCUT2D eigenvalue weighted by Gasteiger charge is -2.06. The molecule has 86 valence electrons. The van der Waals surface area contributed by atoms with Gasteiger partial charge in [-0.2, -0.15) is 0 Å². The largest absolute Gasteiger partial charge is 0.465 e. The molecule has 0 fully saturated rings. The van der Waals surface area contributed by atoms with Crippen LogP contribution in [0, 0.1) is 0 Å². The molecule has 0 bridgehead atoms. The first-order chi connectivity index (χ1) is 7.60. The number of hydrogen-bond donors (Lipinski definition) is 0. The van der Waals surface area contributed by atoms with E-state index in [1.807, 2.05) is 6.92 Å². The van der Waals surface area contributed by atoms with Crippen molar-refractivity contribution in [1.29, 1.82) is 0 Å². The fourth-order valence-corrected chi connectivity index (χ4v) is 1.35. The summed E-state index contributed by atoms with van der Waals surface area (Å²) >= 11 is 0. The van der Waals surface area contributed by atoms with Crippen molar-refractivity contribution < 1.29 is 19.1 Å². The average molecular weight is 222 g/mol. The smallest absolute Gasteiger partial charge is 0.338 e. The van der Waals surface area contributed by atoms with Crippen LogP contribution in [0.2, 0.25) is 0 Å². The summed E-state index contributed by atoms with van der Waals surface area (Å²) in [6, 6.07) is 0. The van der Waals surface area contributed by atoms with Crippen LogP contribution in [0.25, 0.3) is 0 Å². The maximum atomic E-state index is 11.5. The molecule has 1 aliphatic rings. The second-order valence-electron chi connectivity index (χ2n) is 3.40. The van der Waals surface area contributed by atoms with Crippen LogP contribution in [-0.4, -0.2) is 26.2 Å². The highest BCUT2D eigenvalue weighted by Crippen LogP contribution is 2.20. The summed E-state index contributed by atoms with van der Waals surface area (Å²) in [4.78, 5) is 23.0. The molecular weight excluding hydrogens is 208 g/mol. The van der Waals surface area contributed by atoms with Gasteiger partial charge in [0, 0.05) is 0 Å². The summed E-state index contributed by atoms with van der Waals surface area (Å²) < 4.78 is 9.25. The van der Waals surface area contributed by atoms with E-state index in [1.54, 1.807) is 18.2 Å². The molecule has 0 spiro atoms. The number of ether oxygens (including phenoxy) is 2. The normalized spacial score (nSPS) is 15.3. The van der Waals surface area contributed by atoms with E-state index in [4.69, 9.17) is 0 Å². The number of allylic oxidation sites excluding steroid dienone is 4. The van der Waals surface area contributed by atoms with Crippen molar-refractivity contribution >= 4 is 11.9 Å². The molecule has 0 amide bonds. The molecule has 4 heteroatoms. The summed E-state index contributed by atoms with van der Waals surface area (Å²) in [5.74, 6) is -1.07. The monoisotopic (exact) mass is 222 g/mol. The SMILES string of the molecule is COC(=O)C1=CC=C(C)CC=C1C(=O)OC. The van der Waals surface area contributed by atoms with E-state index in [0.29, 0.717) is 6.42 Å². The zero-order valence-corrected chi connectivity index (χ0v) is 9.57. The second-order valence-corrected chi connectivity index (χ2v) is 3.40. The van der Waals surface area contributed by atoms with Crippen LogP contribution in [0.5, 0.6) is 0 Å². The fraction of sp³-hybridized carbons (Fsp3) is 0.333. The molecule has 0 aromatic rings. The highest BCUT2D eigenvalue weighted by Gasteiger charge is 2.22. The lowest BCUT2D eigenvalue weighted by Crippen LogP contribution is -2.14. The Kier molecular flexibility index (Phi) is 4.05. The quantitative estimate of drug-likeness (QED) is 0.665. The molecule has 1 rings (SSSR count). The van der Waals surface area contributed by atoms with Gasteiger partial charge in [0.1, 0.15) is 0 Å². The van der Waals surface area contributed by atoms with E-state index in [2.05, 4.69) is 9.47 Å². The van der Waals surface area contributed by atoms with Crippen LogP contribution in [0.1, 0.15) is 13.3 Å². The minimum atomic E-state index is -0.539. The molecule has 0 unspecified atom stereocenters. The van der Waals surface area contributed by atoms with Gasteiger partial charge in [-0.3, -0.25) is 0 Å². The van der Waals surface area contributed by atoms with E-state index >= 15 is 0 Å². The van der Waals surface area contributed by atoms with Crippen molar-refractivity contribution in [3.8, 4) is 0 Å². The first-order valence-electron chi connectivity index (χ1n) is 4.84. The van der Waals surface area contributed by atoms with Gasteiger partial charge in [-0.05, 0) is 19.4 Å². The van der Waals surface area contributed by atoms with Crippen LogP contribution >= 0.6 is 0 Å². The molecule has 4 nitrogen and oxygen atoms in total. The molecule has 0 heterocycles. The number of esters is 2. The topological polar surface area (TPSA) is 52.6 Å². The maximum absolute atomic E-state index is 11.5. The molecule has 0 N–H and O–H groups in total. The standard InChI is InChI=1S/C12H14O4/c1-8-4-6-9(11(13)15-2)10(7-5-8)12(14)16-3/h4,6-7H,5H2,1-3H3. The van der Waals surface area contributed by atoms with Crippen LogP contribution in [0.3, 0.4) is 0 Å². The van der Waals surface area contributed by atoms with E-state index in [0.717, 1.165) is 5.57 Å². The average Bonchev–Trinajstić information content (AvgIpc) is 2.49. The van der Waals surface area contributed by atoms with Crippen molar-refractivity contribution in [1.82, 2.24) is 0 Å². The predicted octanol–water partition coefficient (Wildman–Crippen LogP) is 1.54. The first kappa shape index (κ1) is 12.2. The molecule has 0 saturated heterocycles. The highest BCUT2D eigenvalue weighted by molar-refractivity contribution is 6.07. The highest BCUT2D eigenvalue weighted by atomic mass is 16.5. The number of rotatable bonds is 2. The van der Waals surface area contributed by atoms with E-state index in [-0.39, 0.29) is 11.1 Å². The minimum absolute atomic E-state index is 0.228. The van der Waals surface area contributed by atoms with Gasteiger partial charge in [-0.15, -0.1) is 0 Å². The van der Waals surface area contributed by atoms with E-state index < -0.39 is 11.9 Å². The van der Waals surface area contributed by atoms with Crippen LogP contribution < -0.4 is 0 Å². The van der Waals surface area contributed by atoms with Crippen molar-refractivity contribution in [2.24, 2.45) is 0 Å². The third-order valence-corrected chi connectivity index (χ3v) is 2.26. The Morgan fingerprint density at radius 2 is 1.62 bits per heavy atom. The Bertz CT molecular complexity index is 399. The van der Waals surface area contributed by atoms with Gasteiger partial charge in [0.15, 0.2) is 0 Å². The minimum Gasteiger partial charge on any atom is -0.465 e. The third-order valence-electron chi connectivity index (χ3n) is 2.26. The lowest BCUT2D eigenvalue weighted by atomic mass is 10.1. The zero-order chi connectivity index (χ0) is 12.1. The van der Waals surface area contributed by atoms with Crippen molar-refractivity contribution in [3.63, 3.8) is 0 Å². The van der Waals surface area contributed by atoms with Gasteiger partial charge in [-0.1, -0.05) is 17.7 Å². The van der Waals surface area contributed by atoms with Gasteiger partial charge in [0.05, 0.1) is 25.4 Å². The fourth-order valence-electron chi connectivity index (χ4n) is 1.35. The summed E-state index contributed by atoms with van der Waals surface area (Å²) in [5.41, 5.74) is 1.54. The number of carbonyl (C=O) groups excluding carboxylic acids is 2. The Morgan fingerprint density at radius 3 is 2.19 bits per heavy atom. The third kappa shape index (κ3) is 2.59. The lowest BCUT2D eigenvalue weighted by molar-refractivity contribution is -0.139. The first-order valence-corrected chi connectivity index (χ1v) is 4.84. The molecule has 1 aliphatic carbocycles. The van der Waals surface area contributed by atoms with Gasteiger partial charge in [0.2, 0.25) is 0 Å². The Labute approximate surface area is 94.2 Å². The maximum Gasteiger partial charge on any atom is 0.338 e.